The molecule has 1 aromatic rings. The van der Waals surface area contributed by atoms with Crippen LogP contribution in [0.25, 0.3) is 0 Å². The summed E-state index contributed by atoms with van der Waals surface area (Å²) in [6.45, 7) is 3.98. The molecule has 84 valence electrons. The Hall–Kier alpha value is -1.95. The zero-order chi connectivity index (χ0) is 12.0. The molecule has 1 amide bonds. The van der Waals surface area contributed by atoms with Gasteiger partial charge in [0.25, 0.3) is 0 Å². The maximum absolute atomic E-state index is 10.6. The molecule has 3 heteroatoms. The van der Waals surface area contributed by atoms with E-state index in [0.717, 1.165) is 11.1 Å². The molecule has 0 saturated heterocycles. The van der Waals surface area contributed by atoms with Crippen molar-refractivity contribution in [1.82, 2.24) is 5.32 Å². The summed E-state index contributed by atoms with van der Waals surface area (Å²) in [6.07, 6.45) is 0.606. The van der Waals surface area contributed by atoms with Crippen molar-refractivity contribution in [3.8, 4) is 17.6 Å². The molecule has 3 nitrogen and oxygen atoms in total. The van der Waals surface area contributed by atoms with E-state index in [2.05, 4.69) is 17.2 Å². The van der Waals surface area contributed by atoms with Gasteiger partial charge in [-0.25, -0.2) is 0 Å². The standard InChI is InChI=1S/C13H15NO2/c1-10-6-7-13(16)9-12(10)5-3-4-8-14-11(2)15/h6-7,9,16H,4,8H2,1-2H3,(H,14,15). The quantitative estimate of drug-likeness (QED) is 0.583. The van der Waals surface area contributed by atoms with E-state index in [-0.39, 0.29) is 11.7 Å². The minimum Gasteiger partial charge on any atom is -0.508 e. The highest BCUT2D eigenvalue weighted by molar-refractivity contribution is 5.72. The van der Waals surface area contributed by atoms with Crippen molar-refractivity contribution in [2.45, 2.75) is 20.3 Å². The number of carbonyl (C=O) groups excluding carboxylic acids is 1. The maximum atomic E-state index is 10.6. The fourth-order valence-corrected chi connectivity index (χ4v) is 1.20. The predicted molar refractivity (Wildman–Crippen MR) is 63.0 cm³/mol. The third-order valence-corrected chi connectivity index (χ3v) is 2.07. The van der Waals surface area contributed by atoms with E-state index in [1.807, 2.05) is 13.0 Å². The van der Waals surface area contributed by atoms with E-state index in [9.17, 15) is 9.90 Å². The number of benzene rings is 1. The molecule has 0 bridgehead atoms. The van der Waals surface area contributed by atoms with Crippen molar-refractivity contribution in [3.63, 3.8) is 0 Å². The van der Waals surface area contributed by atoms with Crippen LogP contribution in [0.4, 0.5) is 0 Å². The number of carbonyl (C=O) groups is 1. The summed E-state index contributed by atoms with van der Waals surface area (Å²) in [5, 5.41) is 12.0. The summed E-state index contributed by atoms with van der Waals surface area (Å²) >= 11 is 0. The van der Waals surface area contributed by atoms with Gasteiger partial charge in [-0.1, -0.05) is 17.9 Å². The van der Waals surface area contributed by atoms with Gasteiger partial charge in [0.1, 0.15) is 5.75 Å². The molecule has 1 aromatic carbocycles. The van der Waals surface area contributed by atoms with Crippen LogP contribution in [0, 0.1) is 18.8 Å². The van der Waals surface area contributed by atoms with E-state index >= 15 is 0 Å². The molecular weight excluding hydrogens is 202 g/mol. The number of aromatic hydroxyl groups is 1. The molecule has 0 unspecified atom stereocenters. The molecule has 16 heavy (non-hydrogen) atoms. The second-order valence-electron chi connectivity index (χ2n) is 3.53. The third kappa shape index (κ3) is 4.05. The maximum Gasteiger partial charge on any atom is 0.216 e. The number of hydrogen-bond donors (Lipinski definition) is 2. The zero-order valence-electron chi connectivity index (χ0n) is 9.50. The topological polar surface area (TPSA) is 49.3 Å². The second-order valence-corrected chi connectivity index (χ2v) is 3.53. The van der Waals surface area contributed by atoms with Crippen LogP contribution in [0.5, 0.6) is 5.75 Å². The summed E-state index contributed by atoms with van der Waals surface area (Å²) in [6, 6.07) is 5.10. The Morgan fingerprint density at radius 3 is 2.94 bits per heavy atom. The molecule has 0 spiro atoms. The Morgan fingerprint density at radius 2 is 2.25 bits per heavy atom. The summed E-state index contributed by atoms with van der Waals surface area (Å²) in [5.74, 6) is 6.09. The van der Waals surface area contributed by atoms with Gasteiger partial charge in [0, 0.05) is 25.5 Å². The Kier molecular flexibility index (Phi) is 4.41. The van der Waals surface area contributed by atoms with Crippen LogP contribution in [0.2, 0.25) is 0 Å². The number of hydrogen-bond acceptors (Lipinski definition) is 2. The number of aryl methyl sites for hydroxylation is 1. The Balaban J connectivity index is 2.56. The van der Waals surface area contributed by atoms with Gasteiger partial charge in [-0.3, -0.25) is 4.79 Å². The van der Waals surface area contributed by atoms with Crippen molar-refractivity contribution >= 4 is 5.91 Å². The zero-order valence-corrected chi connectivity index (χ0v) is 9.50. The molecule has 2 N–H and O–H groups in total. The van der Waals surface area contributed by atoms with E-state index in [4.69, 9.17) is 0 Å². The lowest BCUT2D eigenvalue weighted by Crippen LogP contribution is -2.20. The Bertz CT molecular complexity index is 441. The average Bonchev–Trinajstić information content (AvgIpc) is 2.22. The smallest absolute Gasteiger partial charge is 0.216 e. The molecular formula is C13H15NO2. The monoisotopic (exact) mass is 217 g/mol. The van der Waals surface area contributed by atoms with Gasteiger partial charge in [-0.2, -0.15) is 0 Å². The average molecular weight is 217 g/mol. The van der Waals surface area contributed by atoms with Gasteiger partial charge < -0.3 is 10.4 Å². The van der Waals surface area contributed by atoms with E-state index in [0.29, 0.717) is 13.0 Å². The molecule has 0 saturated carbocycles. The number of rotatable bonds is 2. The molecule has 0 aromatic heterocycles. The fraction of sp³-hybridized carbons (Fsp3) is 0.308. The SMILES string of the molecule is CC(=O)NCCC#Cc1cc(O)ccc1C. The molecule has 0 fully saturated rings. The van der Waals surface area contributed by atoms with Crippen LogP contribution < -0.4 is 5.32 Å². The second kappa shape index (κ2) is 5.82. The lowest BCUT2D eigenvalue weighted by Gasteiger charge is -1.98. The van der Waals surface area contributed by atoms with Crippen LogP contribution in [-0.4, -0.2) is 17.6 Å². The molecule has 0 heterocycles. The lowest BCUT2D eigenvalue weighted by atomic mass is 10.1. The molecule has 0 atom stereocenters. The number of amides is 1. The summed E-state index contributed by atoms with van der Waals surface area (Å²) in [5.41, 5.74) is 1.85. The third-order valence-electron chi connectivity index (χ3n) is 2.07. The van der Waals surface area contributed by atoms with Gasteiger partial charge in [-0.15, -0.1) is 0 Å². The Labute approximate surface area is 95.5 Å². The van der Waals surface area contributed by atoms with Gasteiger partial charge in [0.15, 0.2) is 0 Å². The predicted octanol–water partition coefficient (Wildman–Crippen LogP) is 1.58. The molecule has 0 aliphatic heterocycles. The highest BCUT2D eigenvalue weighted by Crippen LogP contribution is 2.14. The van der Waals surface area contributed by atoms with Gasteiger partial charge >= 0.3 is 0 Å². The van der Waals surface area contributed by atoms with Gasteiger partial charge in [0.2, 0.25) is 5.91 Å². The van der Waals surface area contributed by atoms with Crippen LogP contribution in [-0.2, 0) is 4.79 Å². The van der Waals surface area contributed by atoms with E-state index in [1.165, 1.54) is 6.92 Å². The largest absolute Gasteiger partial charge is 0.508 e. The molecule has 0 aliphatic rings. The minimum absolute atomic E-state index is 0.0460. The lowest BCUT2D eigenvalue weighted by molar-refractivity contribution is -0.118. The van der Waals surface area contributed by atoms with Crippen molar-refractivity contribution in [1.29, 1.82) is 0 Å². The Morgan fingerprint density at radius 1 is 1.50 bits per heavy atom. The van der Waals surface area contributed by atoms with Crippen molar-refractivity contribution in [2.24, 2.45) is 0 Å². The minimum atomic E-state index is -0.0460. The van der Waals surface area contributed by atoms with Gasteiger partial charge in [-0.05, 0) is 24.6 Å². The van der Waals surface area contributed by atoms with Crippen LogP contribution in [0.15, 0.2) is 18.2 Å². The summed E-state index contributed by atoms with van der Waals surface area (Å²) in [4.78, 5) is 10.6. The van der Waals surface area contributed by atoms with E-state index in [1.54, 1.807) is 12.1 Å². The van der Waals surface area contributed by atoms with E-state index < -0.39 is 0 Å². The van der Waals surface area contributed by atoms with Crippen molar-refractivity contribution < 1.29 is 9.90 Å². The normalized spacial score (nSPS) is 9.12. The molecule has 0 aliphatic carbocycles. The highest BCUT2D eigenvalue weighted by Gasteiger charge is 1.95. The molecule has 1 rings (SSSR count). The van der Waals surface area contributed by atoms with Crippen LogP contribution in [0.1, 0.15) is 24.5 Å². The van der Waals surface area contributed by atoms with Crippen molar-refractivity contribution in [3.05, 3.63) is 29.3 Å². The first-order chi connectivity index (χ1) is 7.59. The molecule has 0 radical (unpaired) electrons. The van der Waals surface area contributed by atoms with Crippen molar-refractivity contribution in [2.75, 3.05) is 6.54 Å². The number of phenols is 1. The number of nitrogens with one attached hydrogen (secondary N) is 1. The first-order valence-electron chi connectivity index (χ1n) is 5.12. The first-order valence-corrected chi connectivity index (χ1v) is 5.12. The number of phenolic OH excluding ortho intramolecular Hbond substituents is 1. The highest BCUT2D eigenvalue weighted by atomic mass is 16.3. The van der Waals surface area contributed by atoms with Crippen LogP contribution >= 0.6 is 0 Å². The summed E-state index contributed by atoms with van der Waals surface area (Å²) < 4.78 is 0. The summed E-state index contributed by atoms with van der Waals surface area (Å²) in [7, 11) is 0. The van der Waals surface area contributed by atoms with Gasteiger partial charge in [0.05, 0.1) is 0 Å². The fourth-order valence-electron chi connectivity index (χ4n) is 1.20. The van der Waals surface area contributed by atoms with Crippen LogP contribution in [0.3, 0.4) is 0 Å². The first kappa shape index (κ1) is 12.1.